The number of nitrogens with one attached hydrogen (secondary N) is 1. The number of hydrogen-bond acceptors (Lipinski definition) is 4. The third-order valence-electron chi connectivity index (χ3n) is 4.25. The molecule has 0 radical (unpaired) electrons. The SMILES string of the molecule is COC(=O)c1c(NC(=O)c2ccccc2F)sc2c1CCC(C)C2. The Bertz CT molecular complexity index is 800. The maximum Gasteiger partial charge on any atom is 0.341 e. The number of methoxy groups -OCH3 is 1. The largest absolute Gasteiger partial charge is 0.465 e. The van der Waals surface area contributed by atoms with Crippen LogP contribution in [0.25, 0.3) is 0 Å². The number of rotatable bonds is 3. The molecule has 1 aliphatic carbocycles. The van der Waals surface area contributed by atoms with Crippen LogP contribution in [0.3, 0.4) is 0 Å². The lowest BCUT2D eigenvalue weighted by molar-refractivity contribution is 0.0601. The van der Waals surface area contributed by atoms with Gasteiger partial charge in [0.1, 0.15) is 10.8 Å². The van der Waals surface area contributed by atoms with Crippen LogP contribution in [0, 0.1) is 11.7 Å². The van der Waals surface area contributed by atoms with E-state index in [1.54, 1.807) is 6.07 Å². The molecule has 1 aromatic heterocycles. The number of thiophene rings is 1. The molecule has 0 spiro atoms. The molecule has 0 saturated heterocycles. The average Bonchev–Trinajstić information content (AvgIpc) is 2.91. The number of carbonyl (C=O) groups excluding carboxylic acids is 2. The first-order valence-corrected chi connectivity index (χ1v) is 8.61. The van der Waals surface area contributed by atoms with Crippen LogP contribution in [-0.4, -0.2) is 19.0 Å². The lowest BCUT2D eigenvalue weighted by Crippen LogP contribution is -2.16. The Labute approximate surface area is 143 Å². The van der Waals surface area contributed by atoms with Gasteiger partial charge in [0.05, 0.1) is 18.2 Å². The summed E-state index contributed by atoms with van der Waals surface area (Å²) in [5.41, 5.74) is 1.32. The number of anilines is 1. The number of hydrogen-bond donors (Lipinski definition) is 1. The summed E-state index contributed by atoms with van der Waals surface area (Å²) in [5, 5.41) is 3.13. The maximum absolute atomic E-state index is 13.8. The van der Waals surface area contributed by atoms with Crippen LogP contribution in [0.4, 0.5) is 9.39 Å². The van der Waals surface area contributed by atoms with Gasteiger partial charge in [-0.05, 0) is 42.9 Å². The van der Waals surface area contributed by atoms with Crippen molar-refractivity contribution in [2.75, 3.05) is 12.4 Å². The first-order valence-electron chi connectivity index (χ1n) is 7.80. The first-order chi connectivity index (χ1) is 11.5. The predicted octanol–water partition coefficient (Wildman–Crippen LogP) is 4.05. The number of benzene rings is 1. The summed E-state index contributed by atoms with van der Waals surface area (Å²) >= 11 is 1.38. The highest BCUT2D eigenvalue weighted by atomic mass is 32.1. The van der Waals surface area contributed by atoms with E-state index in [9.17, 15) is 14.0 Å². The highest BCUT2D eigenvalue weighted by Crippen LogP contribution is 2.40. The molecule has 3 rings (SSSR count). The van der Waals surface area contributed by atoms with E-state index in [0.29, 0.717) is 16.5 Å². The fourth-order valence-corrected chi connectivity index (χ4v) is 4.37. The molecule has 24 heavy (non-hydrogen) atoms. The Balaban J connectivity index is 1.97. The quantitative estimate of drug-likeness (QED) is 0.852. The third-order valence-corrected chi connectivity index (χ3v) is 5.42. The lowest BCUT2D eigenvalue weighted by Gasteiger charge is -2.18. The van der Waals surface area contributed by atoms with Crippen molar-refractivity contribution in [1.29, 1.82) is 0 Å². The molecule has 126 valence electrons. The summed E-state index contributed by atoms with van der Waals surface area (Å²) in [6, 6.07) is 5.77. The molecular formula is C18H18FNO3S. The van der Waals surface area contributed by atoms with Crippen molar-refractivity contribution < 1.29 is 18.7 Å². The van der Waals surface area contributed by atoms with E-state index in [0.717, 1.165) is 29.7 Å². The molecule has 0 fully saturated rings. The zero-order chi connectivity index (χ0) is 17.3. The van der Waals surface area contributed by atoms with Gasteiger partial charge in [0.15, 0.2) is 0 Å². The second kappa shape index (κ2) is 6.73. The smallest absolute Gasteiger partial charge is 0.341 e. The van der Waals surface area contributed by atoms with E-state index in [1.165, 1.54) is 36.6 Å². The number of ether oxygens (including phenoxy) is 1. The van der Waals surface area contributed by atoms with Crippen molar-refractivity contribution in [2.45, 2.75) is 26.2 Å². The van der Waals surface area contributed by atoms with Crippen molar-refractivity contribution in [1.82, 2.24) is 0 Å². The van der Waals surface area contributed by atoms with Gasteiger partial charge < -0.3 is 10.1 Å². The van der Waals surface area contributed by atoms with Gasteiger partial charge >= 0.3 is 5.97 Å². The summed E-state index contributed by atoms with van der Waals surface area (Å²) in [5.74, 6) is -1.09. The molecule has 1 unspecified atom stereocenters. The minimum atomic E-state index is -0.593. The Hall–Kier alpha value is -2.21. The first kappa shape index (κ1) is 16.6. The molecular weight excluding hydrogens is 329 g/mol. The molecule has 0 aliphatic heterocycles. The minimum absolute atomic E-state index is 0.0481. The van der Waals surface area contributed by atoms with Crippen LogP contribution in [-0.2, 0) is 17.6 Å². The van der Waals surface area contributed by atoms with Gasteiger partial charge in [0.2, 0.25) is 0 Å². The van der Waals surface area contributed by atoms with Crippen molar-refractivity contribution in [2.24, 2.45) is 5.92 Å². The van der Waals surface area contributed by atoms with Crippen molar-refractivity contribution >= 4 is 28.2 Å². The van der Waals surface area contributed by atoms with Crippen LogP contribution in [0.2, 0.25) is 0 Å². The van der Waals surface area contributed by atoms with E-state index in [-0.39, 0.29) is 5.56 Å². The van der Waals surface area contributed by atoms with Crippen LogP contribution in [0.5, 0.6) is 0 Å². The van der Waals surface area contributed by atoms with Crippen LogP contribution >= 0.6 is 11.3 Å². The predicted molar refractivity (Wildman–Crippen MR) is 91.2 cm³/mol. The molecule has 1 amide bonds. The topological polar surface area (TPSA) is 55.4 Å². The average molecular weight is 347 g/mol. The van der Waals surface area contributed by atoms with Gasteiger partial charge in [-0.25, -0.2) is 9.18 Å². The normalized spacial score (nSPS) is 16.4. The van der Waals surface area contributed by atoms with Gasteiger partial charge in [0, 0.05) is 4.88 Å². The summed E-state index contributed by atoms with van der Waals surface area (Å²) in [7, 11) is 1.32. The second-order valence-electron chi connectivity index (χ2n) is 5.98. The van der Waals surface area contributed by atoms with Crippen molar-refractivity contribution in [3.8, 4) is 0 Å². The number of carbonyl (C=O) groups is 2. The third kappa shape index (κ3) is 3.06. The van der Waals surface area contributed by atoms with Crippen LogP contribution in [0.1, 0.15) is 44.5 Å². The van der Waals surface area contributed by atoms with E-state index >= 15 is 0 Å². The van der Waals surface area contributed by atoms with E-state index in [4.69, 9.17) is 4.74 Å². The number of fused-ring (bicyclic) bond motifs is 1. The van der Waals surface area contributed by atoms with Gasteiger partial charge in [-0.3, -0.25) is 4.79 Å². The molecule has 1 heterocycles. The maximum atomic E-state index is 13.8. The molecule has 1 N–H and O–H groups in total. The fourth-order valence-electron chi connectivity index (χ4n) is 2.97. The van der Waals surface area contributed by atoms with Gasteiger partial charge in [0.25, 0.3) is 5.91 Å². The van der Waals surface area contributed by atoms with Crippen LogP contribution in [0.15, 0.2) is 24.3 Å². The van der Waals surface area contributed by atoms with E-state index in [2.05, 4.69) is 12.2 Å². The zero-order valence-corrected chi connectivity index (χ0v) is 14.3. The minimum Gasteiger partial charge on any atom is -0.465 e. The molecule has 2 aromatic rings. The van der Waals surface area contributed by atoms with Gasteiger partial charge in [-0.1, -0.05) is 19.1 Å². The summed E-state index contributed by atoms with van der Waals surface area (Å²) in [6.07, 6.45) is 2.65. The molecule has 1 aromatic carbocycles. The molecule has 0 saturated carbocycles. The molecule has 6 heteroatoms. The molecule has 0 bridgehead atoms. The summed E-state index contributed by atoms with van der Waals surface area (Å²) in [6.45, 7) is 2.16. The molecule has 1 atom stereocenters. The second-order valence-corrected chi connectivity index (χ2v) is 7.09. The Kier molecular flexibility index (Phi) is 4.66. The lowest BCUT2D eigenvalue weighted by atomic mass is 9.88. The van der Waals surface area contributed by atoms with Gasteiger partial charge in [-0.15, -0.1) is 11.3 Å². The number of esters is 1. The number of halogens is 1. The van der Waals surface area contributed by atoms with Crippen LogP contribution < -0.4 is 5.32 Å². The van der Waals surface area contributed by atoms with Crippen molar-refractivity contribution in [3.05, 3.63) is 51.7 Å². The fraction of sp³-hybridized carbons (Fsp3) is 0.333. The Morgan fingerprint density at radius 1 is 1.33 bits per heavy atom. The number of amides is 1. The van der Waals surface area contributed by atoms with Gasteiger partial charge in [-0.2, -0.15) is 0 Å². The monoisotopic (exact) mass is 347 g/mol. The highest BCUT2D eigenvalue weighted by Gasteiger charge is 2.29. The summed E-state index contributed by atoms with van der Waals surface area (Å²) < 4.78 is 18.7. The highest BCUT2D eigenvalue weighted by molar-refractivity contribution is 7.17. The zero-order valence-electron chi connectivity index (χ0n) is 13.5. The van der Waals surface area contributed by atoms with Crippen molar-refractivity contribution in [3.63, 3.8) is 0 Å². The Morgan fingerprint density at radius 2 is 2.08 bits per heavy atom. The molecule has 4 nitrogen and oxygen atoms in total. The van der Waals surface area contributed by atoms with E-state index in [1.807, 2.05) is 0 Å². The van der Waals surface area contributed by atoms with E-state index < -0.39 is 17.7 Å². The Morgan fingerprint density at radius 3 is 2.79 bits per heavy atom. The summed E-state index contributed by atoms with van der Waals surface area (Å²) in [4.78, 5) is 25.7. The molecule has 1 aliphatic rings. The standard InChI is InChI=1S/C18H18FNO3S/c1-10-7-8-12-14(9-10)24-17(15(12)18(22)23-2)20-16(21)11-5-3-4-6-13(11)19/h3-6,10H,7-9H2,1-2H3,(H,20,21).